The highest BCUT2D eigenvalue weighted by molar-refractivity contribution is 5.63. The van der Waals surface area contributed by atoms with Gasteiger partial charge in [-0.25, -0.2) is 0 Å². The highest BCUT2D eigenvalue weighted by Gasteiger charge is 2.41. The van der Waals surface area contributed by atoms with E-state index in [0.29, 0.717) is 0 Å². The van der Waals surface area contributed by atoms with E-state index in [-0.39, 0.29) is 11.5 Å². The minimum Gasteiger partial charge on any atom is -0.393 e. The fraction of sp³-hybridized carbons (Fsp3) is 0.875. The number of aliphatic hydroxyl groups is 1. The Labute approximate surface area is 61.2 Å². The smallest absolute Gasteiger partial charge is 0.126 e. The Hall–Kier alpha value is -0.370. The predicted molar refractivity (Wildman–Crippen MR) is 38.6 cm³/mol. The fourth-order valence-corrected chi connectivity index (χ4v) is 1.08. The zero-order valence-corrected chi connectivity index (χ0v) is 6.34. The van der Waals surface area contributed by atoms with Gasteiger partial charge in [0.05, 0.1) is 6.10 Å². The molecule has 2 nitrogen and oxygen atoms in total. The third-order valence-corrected chi connectivity index (χ3v) is 2.20. The Morgan fingerprint density at radius 2 is 2.30 bits per heavy atom. The zero-order valence-electron chi connectivity index (χ0n) is 6.34. The number of carbonyl (C=O) groups excluding carboxylic acids is 1. The molecule has 0 aliphatic heterocycles. The van der Waals surface area contributed by atoms with Crippen LogP contribution in [-0.4, -0.2) is 17.5 Å². The molecule has 1 fully saturated rings. The van der Waals surface area contributed by atoms with Gasteiger partial charge < -0.3 is 9.90 Å². The van der Waals surface area contributed by atoms with Gasteiger partial charge >= 0.3 is 0 Å². The summed E-state index contributed by atoms with van der Waals surface area (Å²) in [4.78, 5) is 10.4. The molecule has 1 unspecified atom stereocenters. The topological polar surface area (TPSA) is 37.3 Å². The van der Waals surface area contributed by atoms with E-state index in [1.165, 1.54) is 0 Å². The monoisotopic (exact) mass is 142 g/mol. The number of aliphatic hydroxyl groups excluding tert-OH is 1. The Balaban J connectivity index is 2.19. The van der Waals surface area contributed by atoms with Crippen LogP contribution in [-0.2, 0) is 4.79 Å². The van der Waals surface area contributed by atoms with E-state index in [1.807, 2.05) is 0 Å². The molecule has 1 aliphatic carbocycles. The molecule has 0 amide bonds. The van der Waals surface area contributed by atoms with Gasteiger partial charge in [0.2, 0.25) is 0 Å². The lowest BCUT2D eigenvalue weighted by Gasteiger charge is -2.07. The maximum atomic E-state index is 10.4. The van der Waals surface area contributed by atoms with Crippen LogP contribution in [0.5, 0.6) is 0 Å². The minimum absolute atomic E-state index is 0.0169. The van der Waals surface area contributed by atoms with Crippen LogP contribution >= 0.6 is 0 Å². The molecule has 10 heavy (non-hydrogen) atoms. The standard InChI is InChI=1S/C8H14O2/c1-7(10)2-3-8(6-9)4-5-8/h6-7,10H,2-5H2,1H3. The summed E-state index contributed by atoms with van der Waals surface area (Å²) in [5.41, 5.74) is -0.0169. The highest BCUT2D eigenvalue weighted by atomic mass is 16.3. The summed E-state index contributed by atoms with van der Waals surface area (Å²) in [6.45, 7) is 1.76. The van der Waals surface area contributed by atoms with Crippen LogP contribution in [0.25, 0.3) is 0 Å². The Morgan fingerprint density at radius 3 is 2.60 bits per heavy atom. The SMILES string of the molecule is CC(O)CCC1(C=O)CC1. The van der Waals surface area contributed by atoms with Gasteiger partial charge in [-0.15, -0.1) is 0 Å². The Morgan fingerprint density at radius 1 is 1.70 bits per heavy atom. The number of hydrogen-bond acceptors (Lipinski definition) is 2. The van der Waals surface area contributed by atoms with Crippen LogP contribution in [0.4, 0.5) is 0 Å². The molecule has 1 N–H and O–H groups in total. The van der Waals surface area contributed by atoms with Gasteiger partial charge in [-0.05, 0) is 32.6 Å². The quantitative estimate of drug-likeness (QED) is 0.597. The summed E-state index contributed by atoms with van der Waals surface area (Å²) in [6.07, 6.45) is 4.49. The summed E-state index contributed by atoms with van der Waals surface area (Å²) < 4.78 is 0. The van der Waals surface area contributed by atoms with Gasteiger partial charge in [0, 0.05) is 5.41 Å². The molecule has 1 atom stereocenters. The van der Waals surface area contributed by atoms with Gasteiger partial charge in [0.1, 0.15) is 6.29 Å². The lowest BCUT2D eigenvalue weighted by Crippen LogP contribution is -2.07. The molecule has 1 saturated carbocycles. The molecule has 0 bridgehead atoms. The fourth-order valence-electron chi connectivity index (χ4n) is 1.08. The van der Waals surface area contributed by atoms with Crippen LogP contribution in [0.15, 0.2) is 0 Å². The van der Waals surface area contributed by atoms with Crippen molar-refractivity contribution in [2.24, 2.45) is 5.41 Å². The van der Waals surface area contributed by atoms with Crippen LogP contribution in [0.3, 0.4) is 0 Å². The van der Waals surface area contributed by atoms with Crippen molar-refractivity contribution in [3.8, 4) is 0 Å². The molecular weight excluding hydrogens is 128 g/mol. The van der Waals surface area contributed by atoms with Crippen molar-refractivity contribution in [1.29, 1.82) is 0 Å². The van der Waals surface area contributed by atoms with E-state index in [2.05, 4.69) is 0 Å². The molecule has 2 heteroatoms. The molecule has 0 radical (unpaired) electrons. The van der Waals surface area contributed by atoms with E-state index in [1.54, 1.807) is 6.92 Å². The Kier molecular flexibility index (Phi) is 2.09. The summed E-state index contributed by atoms with van der Waals surface area (Å²) in [5.74, 6) is 0. The second-order valence-corrected chi connectivity index (χ2v) is 3.37. The molecular formula is C8H14O2. The summed E-state index contributed by atoms with van der Waals surface area (Å²) >= 11 is 0. The van der Waals surface area contributed by atoms with Crippen LogP contribution in [0.2, 0.25) is 0 Å². The van der Waals surface area contributed by atoms with Gasteiger partial charge in [0.15, 0.2) is 0 Å². The first-order chi connectivity index (χ1) is 4.68. The highest BCUT2D eigenvalue weighted by Crippen LogP contribution is 2.47. The van der Waals surface area contributed by atoms with Crippen molar-refractivity contribution in [2.75, 3.05) is 0 Å². The molecule has 0 heterocycles. The average molecular weight is 142 g/mol. The molecule has 0 aromatic carbocycles. The Bertz CT molecular complexity index is 125. The maximum absolute atomic E-state index is 10.4. The molecule has 0 aromatic heterocycles. The molecule has 1 rings (SSSR count). The second kappa shape index (κ2) is 2.70. The van der Waals surface area contributed by atoms with E-state index in [9.17, 15) is 4.79 Å². The second-order valence-electron chi connectivity index (χ2n) is 3.37. The van der Waals surface area contributed by atoms with Gasteiger partial charge in [-0.1, -0.05) is 0 Å². The van der Waals surface area contributed by atoms with E-state index in [0.717, 1.165) is 32.0 Å². The van der Waals surface area contributed by atoms with Gasteiger partial charge in [-0.3, -0.25) is 0 Å². The van der Waals surface area contributed by atoms with Crippen molar-refractivity contribution >= 4 is 6.29 Å². The van der Waals surface area contributed by atoms with E-state index < -0.39 is 0 Å². The van der Waals surface area contributed by atoms with E-state index >= 15 is 0 Å². The van der Waals surface area contributed by atoms with Crippen molar-refractivity contribution in [3.63, 3.8) is 0 Å². The van der Waals surface area contributed by atoms with Crippen LogP contribution in [0.1, 0.15) is 32.6 Å². The third-order valence-electron chi connectivity index (χ3n) is 2.20. The van der Waals surface area contributed by atoms with Crippen molar-refractivity contribution in [3.05, 3.63) is 0 Å². The summed E-state index contributed by atoms with van der Waals surface area (Å²) in [7, 11) is 0. The van der Waals surface area contributed by atoms with Crippen LogP contribution in [0, 0.1) is 5.41 Å². The van der Waals surface area contributed by atoms with Crippen molar-refractivity contribution < 1.29 is 9.90 Å². The molecule has 0 aromatic rings. The lowest BCUT2D eigenvalue weighted by atomic mass is 10.0. The average Bonchev–Trinajstić information content (AvgIpc) is 2.64. The first kappa shape index (κ1) is 7.73. The molecule has 0 spiro atoms. The number of carbonyl (C=O) groups is 1. The molecule has 1 aliphatic rings. The predicted octanol–water partition coefficient (Wildman–Crippen LogP) is 1.13. The first-order valence-electron chi connectivity index (χ1n) is 3.83. The largest absolute Gasteiger partial charge is 0.393 e. The van der Waals surface area contributed by atoms with Gasteiger partial charge in [-0.2, -0.15) is 0 Å². The number of hydrogen-bond donors (Lipinski definition) is 1. The normalized spacial score (nSPS) is 23.8. The van der Waals surface area contributed by atoms with E-state index in [4.69, 9.17) is 5.11 Å². The third kappa shape index (κ3) is 1.81. The van der Waals surface area contributed by atoms with Crippen molar-refractivity contribution in [2.45, 2.75) is 38.7 Å². The first-order valence-corrected chi connectivity index (χ1v) is 3.83. The van der Waals surface area contributed by atoms with Crippen molar-refractivity contribution in [1.82, 2.24) is 0 Å². The summed E-state index contributed by atoms with van der Waals surface area (Å²) in [5, 5.41) is 8.92. The maximum Gasteiger partial charge on any atom is 0.126 e. The summed E-state index contributed by atoms with van der Waals surface area (Å²) in [6, 6.07) is 0. The molecule has 0 saturated heterocycles. The number of rotatable bonds is 4. The minimum atomic E-state index is -0.252. The number of aldehydes is 1. The van der Waals surface area contributed by atoms with Gasteiger partial charge in [0.25, 0.3) is 0 Å². The lowest BCUT2D eigenvalue weighted by molar-refractivity contribution is -0.112. The van der Waals surface area contributed by atoms with Crippen LogP contribution < -0.4 is 0 Å². The zero-order chi connectivity index (χ0) is 7.61. The molecule has 58 valence electrons.